The van der Waals surface area contributed by atoms with E-state index in [9.17, 15) is 14.7 Å². The molecule has 0 aliphatic rings. The van der Waals surface area contributed by atoms with Crippen LogP contribution in [0.4, 0.5) is 5.69 Å². The number of methoxy groups -OCH3 is 1. The molecule has 0 spiro atoms. The van der Waals surface area contributed by atoms with E-state index in [-0.39, 0.29) is 13.2 Å². The third kappa shape index (κ3) is 5.53. The van der Waals surface area contributed by atoms with E-state index in [1.165, 1.54) is 14.0 Å². The molecule has 2 amide bonds. The van der Waals surface area contributed by atoms with Gasteiger partial charge in [-0.15, -0.1) is 0 Å². The predicted molar refractivity (Wildman–Crippen MR) is 80.1 cm³/mol. The normalized spacial score (nSPS) is 13.4. The number of ether oxygens (including phenoxy) is 1. The van der Waals surface area contributed by atoms with E-state index >= 15 is 0 Å². The minimum Gasteiger partial charge on any atom is -0.386 e. The average molecular weight is 294 g/mol. The maximum Gasteiger partial charge on any atom is 0.313 e. The van der Waals surface area contributed by atoms with E-state index in [0.717, 1.165) is 11.1 Å². The summed E-state index contributed by atoms with van der Waals surface area (Å²) in [6, 6.07) is 5.51. The molecule has 3 N–H and O–H groups in total. The minimum absolute atomic E-state index is 0.0615. The molecule has 1 aromatic rings. The number of aliphatic hydroxyl groups is 1. The van der Waals surface area contributed by atoms with Crippen LogP contribution >= 0.6 is 0 Å². The van der Waals surface area contributed by atoms with Crippen molar-refractivity contribution in [1.29, 1.82) is 0 Å². The summed E-state index contributed by atoms with van der Waals surface area (Å²) in [5.74, 6) is -1.57. The summed E-state index contributed by atoms with van der Waals surface area (Å²) in [6.07, 6.45) is 0. The smallest absolute Gasteiger partial charge is 0.313 e. The van der Waals surface area contributed by atoms with Gasteiger partial charge in [0, 0.05) is 19.3 Å². The summed E-state index contributed by atoms with van der Waals surface area (Å²) < 4.78 is 4.82. The number of carbonyl (C=O) groups excluding carboxylic acids is 2. The number of hydrogen-bond donors (Lipinski definition) is 3. The van der Waals surface area contributed by atoms with E-state index in [2.05, 4.69) is 10.6 Å². The SMILES string of the molecule is COCC(C)(O)CNC(=O)C(=O)Nc1ccc(C)cc1C. The van der Waals surface area contributed by atoms with E-state index < -0.39 is 17.4 Å². The zero-order chi connectivity index (χ0) is 16.0. The molecular weight excluding hydrogens is 272 g/mol. The van der Waals surface area contributed by atoms with E-state index in [1.807, 2.05) is 26.0 Å². The van der Waals surface area contributed by atoms with Crippen molar-refractivity contribution >= 4 is 17.5 Å². The molecule has 6 nitrogen and oxygen atoms in total. The fourth-order valence-electron chi connectivity index (χ4n) is 1.85. The van der Waals surface area contributed by atoms with Crippen LogP contribution in [0.15, 0.2) is 18.2 Å². The number of nitrogens with one attached hydrogen (secondary N) is 2. The Bertz CT molecular complexity index is 526. The largest absolute Gasteiger partial charge is 0.386 e. The molecule has 1 rings (SSSR count). The number of rotatable bonds is 5. The molecule has 0 bridgehead atoms. The first kappa shape index (κ1) is 17.1. The predicted octanol–water partition coefficient (Wildman–Crippen LogP) is 0.756. The van der Waals surface area contributed by atoms with E-state index in [0.29, 0.717) is 5.69 Å². The van der Waals surface area contributed by atoms with Crippen molar-refractivity contribution in [1.82, 2.24) is 5.32 Å². The molecule has 116 valence electrons. The van der Waals surface area contributed by atoms with Crippen LogP contribution in [-0.2, 0) is 14.3 Å². The zero-order valence-corrected chi connectivity index (χ0v) is 12.8. The maximum atomic E-state index is 11.8. The summed E-state index contributed by atoms with van der Waals surface area (Å²) in [5.41, 5.74) is 1.32. The molecule has 0 aliphatic heterocycles. The van der Waals surface area contributed by atoms with Crippen molar-refractivity contribution in [3.05, 3.63) is 29.3 Å². The second-order valence-electron chi connectivity index (χ2n) is 5.39. The van der Waals surface area contributed by atoms with Gasteiger partial charge in [0.15, 0.2) is 0 Å². The molecule has 0 aliphatic carbocycles. The van der Waals surface area contributed by atoms with E-state index in [1.54, 1.807) is 6.07 Å². The topological polar surface area (TPSA) is 87.7 Å². The van der Waals surface area contributed by atoms with Crippen LogP contribution in [0.2, 0.25) is 0 Å². The Morgan fingerprint density at radius 1 is 1.29 bits per heavy atom. The highest BCUT2D eigenvalue weighted by atomic mass is 16.5. The molecule has 0 fully saturated rings. The Balaban J connectivity index is 2.57. The zero-order valence-electron chi connectivity index (χ0n) is 12.8. The van der Waals surface area contributed by atoms with Crippen molar-refractivity contribution in [2.75, 3.05) is 25.6 Å². The summed E-state index contributed by atoms with van der Waals surface area (Å²) in [7, 11) is 1.45. The number of anilines is 1. The van der Waals surface area contributed by atoms with Crippen LogP contribution in [0.3, 0.4) is 0 Å². The molecular formula is C15H22N2O4. The average Bonchev–Trinajstić information content (AvgIpc) is 2.39. The molecule has 6 heteroatoms. The lowest BCUT2D eigenvalue weighted by Crippen LogP contribution is -2.46. The van der Waals surface area contributed by atoms with Gasteiger partial charge >= 0.3 is 11.8 Å². The molecule has 0 saturated heterocycles. The van der Waals surface area contributed by atoms with Crippen molar-refractivity contribution in [3.8, 4) is 0 Å². The number of hydrogen-bond acceptors (Lipinski definition) is 4. The standard InChI is InChI=1S/C15H22N2O4/c1-10-5-6-12(11(2)7-10)17-14(19)13(18)16-8-15(3,20)9-21-4/h5-7,20H,8-9H2,1-4H3,(H,16,18)(H,17,19). The second-order valence-corrected chi connectivity index (χ2v) is 5.39. The second kappa shape index (κ2) is 7.19. The van der Waals surface area contributed by atoms with Gasteiger partial charge in [-0.2, -0.15) is 0 Å². The minimum atomic E-state index is -1.22. The van der Waals surface area contributed by atoms with Crippen LogP contribution in [-0.4, -0.2) is 42.8 Å². The molecule has 0 heterocycles. The van der Waals surface area contributed by atoms with Crippen LogP contribution in [0, 0.1) is 13.8 Å². The lowest BCUT2D eigenvalue weighted by atomic mass is 10.1. The van der Waals surface area contributed by atoms with Crippen molar-refractivity contribution in [3.63, 3.8) is 0 Å². The molecule has 0 saturated carbocycles. The van der Waals surface area contributed by atoms with Gasteiger partial charge in [0.05, 0.1) is 6.61 Å². The maximum absolute atomic E-state index is 11.8. The Kier molecular flexibility index (Phi) is 5.87. The number of aryl methyl sites for hydroxylation is 2. The highest BCUT2D eigenvalue weighted by Crippen LogP contribution is 2.15. The Labute approximate surface area is 124 Å². The van der Waals surface area contributed by atoms with Crippen LogP contribution in [0.1, 0.15) is 18.1 Å². The van der Waals surface area contributed by atoms with Gasteiger partial charge in [-0.05, 0) is 32.4 Å². The molecule has 1 unspecified atom stereocenters. The quantitative estimate of drug-likeness (QED) is 0.700. The number of amides is 2. The molecule has 1 aromatic carbocycles. The van der Waals surface area contributed by atoms with Crippen molar-refractivity contribution in [2.45, 2.75) is 26.4 Å². The molecule has 21 heavy (non-hydrogen) atoms. The van der Waals surface area contributed by atoms with Gasteiger partial charge in [-0.1, -0.05) is 17.7 Å². The van der Waals surface area contributed by atoms with Crippen molar-refractivity contribution < 1.29 is 19.4 Å². The summed E-state index contributed by atoms with van der Waals surface area (Å²) in [5, 5.41) is 14.8. The first-order valence-electron chi connectivity index (χ1n) is 6.63. The molecule has 0 radical (unpaired) electrons. The fraction of sp³-hybridized carbons (Fsp3) is 0.467. The van der Waals surface area contributed by atoms with Gasteiger partial charge in [-0.25, -0.2) is 0 Å². The highest BCUT2D eigenvalue weighted by molar-refractivity contribution is 6.39. The van der Waals surface area contributed by atoms with Crippen LogP contribution < -0.4 is 10.6 Å². The van der Waals surface area contributed by atoms with Crippen LogP contribution in [0.5, 0.6) is 0 Å². The van der Waals surface area contributed by atoms with Gasteiger partial charge in [0.25, 0.3) is 0 Å². The van der Waals surface area contributed by atoms with Gasteiger partial charge in [0.1, 0.15) is 5.60 Å². The lowest BCUT2D eigenvalue weighted by Gasteiger charge is -2.22. The summed E-state index contributed by atoms with van der Waals surface area (Å²) in [6.45, 7) is 5.30. The Morgan fingerprint density at radius 2 is 1.95 bits per heavy atom. The number of benzene rings is 1. The first-order chi connectivity index (χ1) is 9.75. The summed E-state index contributed by atoms with van der Waals surface area (Å²) in [4.78, 5) is 23.5. The van der Waals surface area contributed by atoms with Gasteiger partial charge in [0.2, 0.25) is 0 Å². The first-order valence-corrected chi connectivity index (χ1v) is 6.63. The fourth-order valence-corrected chi connectivity index (χ4v) is 1.85. The highest BCUT2D eigenvalue weighted by Gasteiger charge is 2.23. The lowest BCUT2D eigenvalue weighted by molar-refractivity contribution is -0.137. The Hall–Kier alpha value is -1.92. The van der Waals surface area contributed by atoms with Crippen LogP contribution in [0.25, 0.3) is 0 Å². The third-order valence-corrected chi connectivity index (χ3v) is 2.92. The van der Waals surface area contributed by atoms with Crippen molar-refractivity contribution in [2.24, 2.45) is 0 Å². The third-order valence-electron chi connectivity index (χ3n) is 2.92. The number of carbonyl (C=O) groups is 2. The van der Waals surface area contributed by atoms with E-state index in [4.69, 9.17) is 4.74 Å². The molecule has 0 aromatic heterocycles. The van der Waals surface area contributed by atoms with Gasteiger partial charge < -0.3 is 20.5 Å². The van der Waals surface area contributed by atoms with Gasteiger partial charge in [-0.3, -0.25) is 9.59 Å². The monoisotopic (exact) mass is 294 g/mol. The Morgan fingerprint density at radius 3 is 2.52 bits per heavy atom. The summed E-state index contributed by atoms with van der Waals surface area (Å²) >= 11 is 0. The molecule has 1 atom stereocenters.